The van der Waals surface area contributed by atoms with Crippen molar-refractivity contribution in [1.82, 2.24) is 15.2 Å². The maximum atomic E-state index is 8.90. The highest BCUT2D eigenvalue weighted by Crippen LogP contribution is 2.21. The van der Waals surface area contributed by atoms with Crippen molar-refractivity contribution in [2.45, 2.75) is 32.9 Å². The van der Waals surface area contributed by atoms with E-state index in [4.69, 9.17) is 5.26 Å². The normalized spacial score (nSPS) is 23.5. The van der Waals surface area contributed by atoms with Crippen molar-refractivity contribution < 1.29 is 0 Å². The SMILES string of the molecule is CC1(C)CNC(CC#N)CN(Cc2ccccn2)C1. The summed E-state index contributed by atoms with van der Waals surface area (Å²) in [7, 11) is 0. The van der Waals surface area contributed by atoms with Gasteiger partial charge in [-0.2, -0.15) is 5.26 Å². The van der Waals surface area contributed by atoms with Crippen LogP contribution in [0.3, 0.4) is 0 Å². The monoisotopic (exact) mass is 258 g/mol. The minimum atomic E-state index is 0.221. The van der Waals surface area contributed by atoms with E-state index in [0.29, 0.717) is 6.42 Å². The quantitative estimate of drug-likeness (QED) is 0.898. The Labute approximate surface area is 115 Å². The van der Waals surface area contributed by atoms with Crippen LogP contribution in [-0.4, -0.2) is 35.6 Å². The molecule has 1 aliphatic rings. The summed E-state index contributed by atoms with van der Waals surface area (Å²) < 4.78 is 0. The van der Waals surface area contributed by atoms with E-state index in [0.717, 1.165) is 31.9 Å². The molecule has 0 spiro atoms. The van der Waals surface area contributed by atoms with Crippen molar-refractivity contribution >= 4 is 0 Å². The zero-order chi connectivity index (χ0) is 13.7. The first-order valence-corrected chi connectivity index (χ1v) is 6.82. The van der Waals surface area contributed by atoms with Gasteiger partial charge in [0.1, 0.15) is 0 Å². The van der Waals surface area contributed by atoms with E-state index in [1.807, 2.05) is 18.3 Å². The van der Waals surface area contributed by atoms with Gasteiger partial charge in [-0.25, -0.2) is 0 Å². The molecule has 1 aromatic rings. The van der Waals surface area contributed by atoms with Gasteiger partial charge in [-0.15, -0.1) is 0 Å². The Kier molecular flexibility index (Phi) is 4.52. The fourth-order valence-corrected chi connectivity index (χ4v) is 2.61. The Balaban J connectivity index is 2.06. The first kappa shape index (κ1) is 14.0. The average Bonchev–Trinajstić information content (AvgIpc) is 2.50. The van der Waals surface area contributed by atoms with Gasteiger partial charge < -0.3 is 5.32 Å². The van der Waals surface area contributed by atoms with E-state index in [1.165, 1.54) is 0 Å². The molecule has 1 unspecified atom stereocenters. The van der Waals surface area contributed by atoms with Crippen molar-refractivity contribution in [3.05, 3.63) is 30.1 Å². The predicted molar refractivity (Wildman–Crippen MR) is 75.3 cm³/mol. The Morgan fingerprint density at radius 1 is 1.53 bits per heavy atom. The van der Waals surface area contributed by atoms with Gasteiger partial charge in [-0.05, 0) is 17.5 Å². The molecular weight excluding hydrogens is 236 g/mol. The molecule has 1 aliphatic heterocycles. The van der Waals surface area contributed by atoms with Crippen LogP contribution in [0.5, 0.6) is 0 Å². The summed E-state index contributed by atoms with van der Waals surface area (Å²) >= 11 is 0. The summed E-state index contributed by atoms with van der Waals surface area (Å²) in [5, 5.41) is 12.4. The minimum Gasteiger partial charge on any atom is -0.311 e. The molecule has 1 aromatic heterocycles. The maximum absolute atomic E-state index is 8.90. The molecule has 0 radical (unpaired) electrons. The number of nitriles is 1. The average molecular weight is 258 g/mol. The van der Waals surface area contributed by atoms with Crippen LogP contribution in [0.1, 0.15) is 26.0 Å². The molecule has 1 atom stereocenters. The van der Waals surface area contributed by atoms with E-state index in [2.05, 4.69) is 41.2 Å². The summed E-state index contributed by atoms with van der Waals surface area (Å²) in [5.41, 5.74) is 1.31. The molecule has 0 bridgehead atoms. The summed E-state index contributed by atoms with van der Waals surface area (Å²) in [6.07, 6.45) is 2.40. The van der Waals surface area contributed by atoms with E-state index in [-0.39, 0.29) is 11.5 Å². The summed E-state index contributed by atoms with van der Waals surface area (Å²) in [6, 6.07) is 8.56. The molecule has 0 aliphatic carbocycles. The largest absolute Gasteiger partial charge is 0.311 e. The van der Waals surface area contributed by atoms with Crippen molar-refractivity contribution in [2.24, 2.45) is 5.41 Å². The van der Waals surface area contributed by atoms with Gasteiger partial charge in [0.15, 0.2) is 0 Å². The van der Waals surface area contributed by atoms with Gasteiger partial charge in [0.2, 0.25) is 0 Å². The lowest BCUT2D eigenvalue weighted by Crippen LogP contribution is -2.37. The van der Waals surface area contributed by atoms with E-state index in [1.54, 1.807) is 0 Å². The smallest absolute Gasteiger partial charge is 0.0638 e. The highest BCUT2D eigenvalue weighted by atomic mass is 15.2. The molecule has 0 amide bonds. The van der Waals surface area contributed by atoms with E-state index in [9.17, 15) is 0 Å². The number of hydrogen-bond donors (Lipinski definition) is 1. The summed E-state index contributed by atoms with van der Waals surface area (Å²) in [5.74, 6) is 0. The van der Waals surface area contributed by atoms with Gasteiger partial charge >= 0.3 is 0 Å². The standard InChI is InChI=1S/C15H22N4/c1-15(2)11-18-14(6-7-16)10-19(12-15)9-13-5-3-4-8-17-13/h3-5,8,14,18H,6,9-12H2,1-2H3. The Morgan fingerprint density at radius 3 is 3.05 bits per heavy atom. The Morgan fingerprint density at radius 2 is 2.37 bits per heavy atom. The van der Waals surface area contributed by atoms with Gasteiger partial charge in [-0.1, -0.05) is 19.9 Å². The van der Waals surface area contributed by atoms with Crippen LogP contribution in [0.2, 0.25) is 0 Å². The van der Waals surface area contributed by atoms with Crippen molar-refractivity contribution in [2.75, 3.05) is 19.6 Å². The van der Waals surface area contributed by atoms with Crippen LogP contribution >= 0.6 is 0 Å². The lowest BCUT2D eigenvalue weighted by molar-refractivity contribution is 0.193. The highest BCUT2D eigenvalue weighted by molar-refractivity contribution is 5.04. The van der Waals surface area contributed by atoms with Gasteiger partial charge in [0.05, 0.1) is 18.2 Å². The summed E-state index contributed by atoms with van der Waals surface area (Å²) in [6.45, 7) is 8.28. The second-order valence-corrected chi connectivity index (χ2v) is 6.09. The molecule has 4 heteroatoms. The molecule has 102 valence electrons. The second-order valence-electron chi connectivity index (χ2n) is 6.09. The molecule has 0 aromatic carbocycles. The van der Waals surface area contributed by atoms with Crippen LogP contribution in [0.25, 0.3) is 0 Å². The van der Waals surface area contributed by atoms with Gasteiger partial charge in [0, 0.05) is 38.4 Å². The maximum Gasteiger partial charge on any atom is 0.0638 e. The molecule has 2 rings (SSSR count). The lowest BCUT2D eigenvalue weighted by Gasteiger charge is -2.28. The van der Waals surface area contributed by atoms with Crippen molar-refractivity contribution in [3.8, 4) is 6.07 Å². The molecule has 0 saturated carbocycles. The second kappa shape index (κ2) is 6.14. The molecule has 1 fully saturated rings. The number of hydrogen-bond acceptors (Lipinski definition) is 4. The number of aromatic nitrogens is 1. The molecule has 4 nitrogen and oxygen atoms in total. The molecule has 2 heterocycles. The first-order chi connectivity index (χ1) is 9.09. The lowest BCUT2D eigenvalue weighted by atomic mass is 9.93. The topological polar surface area (TPSA) is 52.0 Å². The predicted octanol–water partition coefficient (Wildman–Crippen LogP) is 1.80. The number of nitrogens with one attached hydrogen (secondary N) is 1. The molecular formula is C15H22N4. The first-order valence-electron chi connectivity index (χ1n) is 6.82. The third-order valence-electron chi connectivity index (χ3n) is 3.45. The Bertz CT molecular complexity index is 435. The summed E-state index contributed by atoms with van der Waals surface area (Å²) in [4.78, 5) is 6.80. The fraction of sp³-hybridized carbons (Fsp3) is 0.600. The zero-order valence-corrected chi connectivity index (χ0v) is 11.8. The minimum absolute atomic E-state index is 0.221. The van der Waals surface area contributed by atoms with E-state index < -0.39 is 0 Å². The van der Waals surface area contributed by atoms with Gasteiger partial charge in [-0.3, -0.25) is 9.88 Å². The van der Waals surface area contributed by atoms with Crippen LogP contribution in [0.4, 0.5) is 0 Å². The van der Waals surface area contributed by atoms with Crippen LogP contribution in [-0.2, 0) is 6.54 Å². The number of nitrogens with zero attached hydrogens (tertiary/aromatic N) is 3. The molecule has 1 N–H and O–H groups in total. The zero-order valence-electron chi connectivity index (χ0n) is 11.8. The fourth-order valence-electron chi connectivity index (χ4n) is 2.61. The number of pyridine rings is 1. The highest BCUT2D eigenvalue weighted by Gasteiger charge is 2.28. The van der Waals surface area contributed by atoms with Crippen molar-refractivity contribution in [3.63, 3.8) is 0 Å². The van der Waals surface area contributed by atoms with E-state index >= 15 is 0 Å². The van der Waals surface area contributed by atoms with Crippen molar-refractivity contribution in [1.29, 1.82) is 5.26 Å². The van der Waals surface area contributed by atoms with Crippen LogP contribution in [0.15, 0.2) is 24.4 Å². The van der Waals surface area contributed by atoms with Crippen LogP contribution < -0.4 is 5.32 Å². The van der Waals surface area contributed by atoms with Gasteiger partial charge in [0.25, 0.3) is 0 Å². The van der Waals surface area contributed by atoms with Crippen LogP contribution in [0, 0.1) is 16.7 Å². The molecule has 1 saturated heterocycles. The Hall–Kier alpha value is -1.44. The number of rotatable bonds is 3. The third-order valence-corrected chi connectivity index (χ3v) is 3.45. The third kappa shape index (κ3) is 4.30. The molecule has 19 heavy (non-hydrogen) atoms.